The van der Waals surface area contributed by atoms with Gasteiger partial charge in [-0.15, -0.1) is 0 Å². The van der Waals surface area contributed by atoms with E-state index in [1.165, 1.54) is 51.4 Å². The number of aliphatic hydroxyl groups is 5. The van der Waals surface area contributed by atoms with Gasteiger partial charge in [0.15, 0.2) is 0 Å². The summed E-state index contributed by atoms with van der Waals surface area (Å²) in [5.41, 5.74) is 0. The Morgan fingerprint density at radius 3 is 1.61 bits per heavy atom. The van der Waals surface area contributed by atoms with Crippen molar-refractivity contribution in [3.05, 3.63) is 24.3 Å². The van der Waals surface area contributed by atoms with Gasteiger partial charge in [-0.25, -0.2) is 4.57 Å². The number of aliphatic hydroxyl groups excluding tert-OH is 5. The highest BCUT2D eigenvalue weighted by Crippen LogP contribution is 2.47. The molecule has 1 rings (SSSR count). The summed E-state index contributed by atoms with van der Waals surface area (Å²) in [5.74, 6) is -0.492. The summed E-state index contributed by atoms with van der Waals surface area (Å²) in [6.07, 6.45) is 18.3. The maximum absolute atomic E-state index is 12.7. The lowest BCUT2D eigenvalue weighted by Gasteiger charge is -2.41. The summed E-state index contributed by atoms with van der Waals surface area (Å²) in [5, 5.41) is 49.9. The molecule has 0 aromatic rings. The van der Waals surface area contributed by atoms with E-state index in [1.807, 2.05) is 0 Å². The van der Waals surface area contributed by atoms with E-state index >= 15 is 0 Å². The van der Waals surface area contributed by atoms with Crippen molar-refractivity contribution in [2.24, 2.45) is 0 Å². The van der Waals surface area contributed by atoms with Crippen molar-refractivity contribution in [3.63, 3.8) is 0 Å². The number of hydrogen-bond donors (Lipinski definition) is 6. The number of allylic oxidation sites excluding steroid dienone is 4. The van der Waals surface area contributed by atoms with E-state index in [2.05, 4.69) is 38.2 Å². The molecule has 1 aliphatic rings. The summed E-state index contributed by atoms with van der Waals surface area (Å²) < 4.78 is 33.9. The Hall–Kier alpha value is -1.18. The fourth-order valence-corrected chi connectivity index (χ4v) is 6.77. The lowest BCUT2D eigenvalue weighted by molar-refractivity contribution is -0.220. The van der Waals surface area contributed by atoms with Crippen molar-refractivity contribution in [2.75, 3.05) is 19.8 Å². The van der Waals surface area contributed by atoms with Crippen LogP contribution in [0.5, 0.6) is 0 Å². The van der Waals surface area contributed by atoms with Crippen LogP contribution in [-0.2, 0) is 27.9 Å². The van der Waals surface area contributed by atoms with Crippen molar-refractivity contribution >= 4 is 13.8 Å². The van der Waals surface area contributed by atoms with Gasteiger partial charge in [0.1, 0.15) is 42.7 Å². The molecule has 300 valence electrons. The summed E-state index contributed by atoms with van der Waals surface area (Å²) in [4.78, 5) is 23.0. The molecule has 0 radical (unpaired) electrons. The first-order valence-electron chi connectivity index (χ1n) is 19.7. The second-order valence-corrected chi connectivity index (χ2v) is 15.2. The van der Waals surface area contributed by atoms with Crippen molar-refractivity contribution in [1.82, 2.24) is 0 Å². The minimum atomic E-state index is -5.01. The van der Waals surface area contributed by atoms with Gasteiger partial charge in [-0.2, -0.15) is 0 Å². The molecule has 12 nitrogen and oxygen atoms in total. The van der Waals surface area contributed by atoms with Gasteiger partial charge in [-0.3, -0.25) is 13.8 Å². The van der Waals surface area contributed by atoms with Crippen LogP contribution in [0.3, 0.4) is 0 Å². The molecule has 6 atom stereocenters. The van der Waals surface area contributed by atoms with Crippen LogP contribution in [0.1, 0.15) is 149 Å². The van der Waals surface area contributed by atoms with Crippen LogP contribution in [0, 0.1) is 0 Å². The number of hydrogen-bond acceptors (Lipinski definition) is 11. The van der Waals surface area contributed by atoms with E-state index in [0.717, 1.165) is 70.6 Å². The molecule has 13 heteroatoms. The van der Waals surface area contributed by atoms with Crippen LogP contribution in [0.4, 0.5) is 0 Å². The zero-order valence-electron chi connectivity index (χ0n) is 31.4. The van der Waals surface area contributed by atoms with Crippen molar-refractivity contribution in [3.8, 4) is 0 Å². The Morgan fingerprint density at radius 1 is 0.608 bits per heavy atom. The SMILES string of the molecule is CCCC/C=C\CCCCCCCC(=O)OC(COCCCCCCCC/C=C\CCCCC)COP(=O)(O)OC1C(O)C(O)C(O)C(O)C1O. The molecule has 51 heavy (non-hydrogen) atoms. The predicted octanol–water partition coefficient (Wildman–Crippen LogP) is 6.58. The Labute approximate surface area is 307 Å². The second-order valence-electron chi connectivity index (χ2n) is 13.8. The van der Waals surface area contributed by atoms with Gasteiger partial charge < -0.3 is 39.9 Å². The first-order valence-corrected chi connectivity index (χ1v) is 21.2. The van der Waals surface area contributed by atoms with E-state index in [0.29, 0.717) is 13.0 Å². The van der Waals surface area contributed by atoms with E-state index < -0.39 is 63.1 Å². The van der Waals surface area contributed by atoms with Crippen molar-refractivity contribution in [1.29, 1.82) is 0 Å². The standard InChI is InChI=1S/C38H71O12P/c1-3-5-7-9-11-13-15-16-18-20-22-24-26-28-47-29-31(49-32(39)27-25-23-21-19-17-14-12-10-8-6-4-2)30-48-51(45,46)50-38-36(43)34(41)33(40)35(42)37(38)44/h10-13,31,33-38,40-44H,3-9,14-30H2,1-2H3,(H,45,46)/b12-10-,13-11-. The van der Waals surface area contributed by atoms with Crippen LogP contribution >= 0.6 is 7.82 Å². The summed E-state index contributed by atoms with van der Waals surface area (Å²) in [7, 11) is -5.01. The van der Waals surface area contributed by atoms with Crippen molar-refractivity contribution < 1.29 is 58.3 Å². The molecule has 0 aliphatic heterocycles. The lowest BCUT2D eigenvalue weighted by Crippen LogP contribution is -2.64. The monoisotopic (exact) mass is 750 g/mol. The average molecular weight is 751 g/mol. The third-order valence-corrected chi connectivity index (χ3v) is 10.0. The quantitative estimate of drug-likeness (QED) is 0.0188. The van der Waals surface area contributed by atoms with E-state index in [-0.39, 0.29) is 13.0 Å². The fourth-order valence-electron chi connectivity index (χ4n) is 5.80. The highest BCUT2D eigenvalue weighted by molar-refractivity contribution is 7.47. The first kappa shape index (κ1) is 47.8. The molecule has 6 unspecified atom stereocenters. The molecule has 1 saturated carbocycles. The first-order chi connectivity index (χ1) is 24.5. The number of phosphoric ester groups is 1. The zero-order chi connectivity index (χ0) is 37.7. The Kier molecular flexibility index (Phi) is 28.3. The molecule has 1 fully saturated rings. The molecular weight excluding hydrogens is 679 g/mol. The van der Waals surface area contributed by atoms with Crippen LogP contribution in [-0.4, -0.2) is 98.9 Å². The topological polar surface area (TPSA) is 192 Å². The highest BCUT2D eigenvalue weighted by Gasteiger charge is 2.51. The molecule has 0 amide bonds. The largest absolute Gasteiger partial charge is 0.472 e. The number of rotatable bonds is 32. The normalized spacial score (nSPS) is 24.3. The molecule has 0 saturated heterocycles. The van der Waals surface area contributed by atoms with Crippen LogP contribution in [0.15, 0.2) is 24.3 Å². The molecule has 0 spiro atoms. The molecule has 6 N–H and O–H groups in total. The van der Waals surface area contributed by atoms with Gasteiger partial charge in [0.05, 0.1) is 13.2 Å². The number of carbonyl (C=O) groups is 1. The molecule has 0 heterocycles. The average Bonchev–Trinajstić information content (AvgIpc) is 3.11. The van der Waals surface area contributed by atoms with E-state index in [1.54, 1.807) is 0 Å². The Bertz CT molecular complexity index is 947. The maximum atomic E-state index is 12.7. The van der Waals surface area contributed by atoms with E-state index in [4.69, 9.17) is 18.5 Å². The summed E-state index contributed by atoms with van der Waals surface area (Å²) in [6, 6.07) is 0. The third kappa shape index (κ3) is 23.3. The van der Waals surface area contributed by atoms with Crippen LogP contribution < -0.4 is 0 Å². The minimum absolute atomic E-state index is 0.0829. The Balaban J connectivity index is 2.48. The minimum Gasteiger partial charge on any atom is -0.457 e. The highest BCUT2D eigenvalue weighted by atomic mass is 31.2. The van der Waals surface area contributed by atoms with E-state index in [9.17, 15) is 39.8 Å². The molecule has 0 aromatic carbocycles. The van der Waals surface area contributed by atoms with Crippen molar-refractivity contribution in [2.45, 2.75) is 191 Å². The van der Waals surface area contributed by atoms with Gasteiger partial charge in [0.2, 0.25) is 0 Å². The van der Waals surface area contributed by atoms with Gasteiger partial charge in [0, 0.05) is 13.0 Å². The third-order valence-electron chi connectivity index (χ3n) is 9.05. The number of ether oxygens (including phenoxy) is 2. The Morgan fingerprint density at radius 2 is 1.06 bits per heavy atom. The second kappa shape index (κ2) is 30.2. The van der Waals surface area contributed by atoms with Gasteiger partial charge >= 0.3 is 13.8 Å². The molecule has 0 bridgehead atoms. The number of carbonyl (C=O) groups excluding carboxylic acids is 1. The smallest absolute Gasteiger partial charge is 0.457 e. The lowest BCUT2D eigenvalue weighted by atomic mass is 9.85. The number of unbranched alkanes of at least 4 members (excludes halogenated alkanes) is 16. The summed E-state index contributed by atoms with van der Waals surface area (Å²) >= 11 is 0. The number of esters is 1. The predicted molar refractivity (Wildman–Crippen MR) is 198 cm³/mol. The van der Waals surface area contributed by atoms with Gasteiger partial charge in [-0.05, 0) is 57.8 Å². The maximum Gasteiger partial charge on any atom is 0.472 e. The van der Waals surface area contributed by atoms with Crippen LogP contribution in [0.25, 0.3) is 0 Å². The fraction of sp³-hybridized carbons (Fsp3) is 0.868. The van der Waals surface area contributed by atoms with Gasteiger partial charge in [-0.1, -0.05) is 109 Å². The molecule has 0 aromatic heterocycles. The number of phosphoric acid groups is 1. The summed E-state index contributed by atoms with van der Waals surface area (Å²) in [6.45, 7) is 4.14. The van der Waals surface area contributed by atoms with Gasteiger partial charge in [0.25, 0.3) is 0 Å². The van der Waals surface area contributed by atoms with Crippen LogP contribution in [0.2, 0.25) is 0 Å². The zero-order valence-corrected chi connectivity index (χ0v) is 32.3. The molecule has 1 aliphatic carbocycles. The molecular formula is C38H71O12P.